The average molecular weight is 941 g/mol. The highest BCUT2D eigenvalue weighted by atomic mass is 16.7. The van der Waals surface area contributed by atoms with Crippen molar-refractivity contribution < 1.29 is 73.8 Å². The third-order valence-electron chi connectivity index (χ3n) is 11.9. The van der Waals surface area contributed by atoms with Crippen LogP contribution in [0.15, 0.2) is 42.2 Å². The van der Waals surface area contributed by atoms with Gasteiger partial charge < -0.3 is 64.2 Å². The van der Waals surface area contributed by atoms with E-state index in [0.29, 0.717) is 12.8 Å². The fourth-order valence-electron chi connectivity index (χ4n) is 7.63. The molecule has 0 aromatic rings. The zero-order valence-corrected chi connectivity index (χ0v) is 40.2. The van der Waals surface area contributed by atoms with Gasteiger partial charge in [-0.2, -0.15) is 0 Å². The van der Waals surface area contributed by atoms with Crippen LogP contribution in [0.3, 0.4) is 0 Å². The molecule has 0 spiro atoms. The lowest BCUT2D eigenvalue weighted by Crippen LogP contribution is -2.61. The molecule has 0 aliphatic carbocycles. The lowest BCUT2D eigenvalue weighted by atomic mass is 9.98. The molecular formula is C51H88O15. The molecule has 11 atom stereocenters. The van der Waals surface area contributed by atoms with Crippen LogP contribution in [0.2, 0.25) is 0 Å². The number of hydrogen-bond donors (Lipinski definition) is 7. The summed E-state index contributed by atoms with van der Waals surface area (Å²) in [6, 6.07) is 0. The number of hydrogen-bond acceptors (Lipinski definition) is 15. The fourth-order valence-corrected chi connectivity index (χ4v) is 7.63. The van der Waals surface area contributed by atoms with Crippen molar-refractivity contribution in [2.24, 2.45) is 0 Å². The quantitative estimate of drug-likeness (QED) is 0.0148. The third-order valence-corrected chi connectivity index (χ3v) is 11.9. The van der Waals surface area contributed by atoms with Crippen LogP contribution in [0.5, 0.6) is 0 Å². The molecule has 382 valence electrons. The van der Waals surface area contributed by atoms with E-state index in [1.165, 1.54) is 70.6 Å². The summed E-state index contributed by atoms with van der Waals surface area (Å²) >= 11 is 0. The number of aliphatic hydroxyl groups is 7. The van der Waals surface area contributed by atoms with Gasteiger partial charge in [0, 0.05) is 12.8 Å². The molecule has 0 aromatic carbocycles. The smallest absolute Gasteiger partial charge is 0.306 e. The standard InChI is InChI=1S/C51H88O15/c1-3-5-7-9-11-13-15-17-19-21-23-25-27-29-31-33-42(53)61-36-39(64-43(54)34-32-30-28-26-24-22-20-18-16-14-12-10-8-6-4-2)37-62-50-49(60)47(58)45(56)41(66-50)38-63-51-48(59)46(57)44(55)40(35-52)65-51/h15,18-20,24,26,39-41,44-52,55-60H,3-14,16,21-23,25,27-38H2,1-2H3/b20-18+,26-24+/t17?,39-,40-,41-,44+,45+,46?,47?,48?,49?,50-,51-/m1/s1. The first kappa shape index (κ1) is 59.6. The molecule has 15 heteroatoms. The monoisotopic (exact) mass is 941 g/mol. The second kappa shape index (κ2) is 38.4. The summed E-state index contributed by atoms with van der Waals surface area (Å²) in [7, 11) is 0. The summed E-state index contributed by atoms with van der Waals surface area (Å²) in [6.07, 6.45) is 21.0. The van der Waals surface area contributed by atoms with Gasteiger partial charge in [0.25, 0.3) is 0 Å². The lowest BCUT2D eigenvalue weighted by molar-refractivity contribution is -0.332. The molecule has 7 N–H and O–H groups in total. The molecule has 15 nitrogen and oxygen atoms in total. The molecule has 0 radical (unpaired) electrons. The van der Waals surface area contributed by atoms with E-state index in [-0.39, 0.29) is 19.4 Å². The first-order valence-corrected chi connectivity index (χ1v) is 25.3. The molecule has 2 fully saturated rings. The molecule has 66 heavy (non-hydrogen) atoms. The Morgan fingerprint density at radius 2 is 1.00 bits per heavy atom. The van der Waals surface area contributed by atoms with E-state index in [1.807, 2.05) is 0 Å². The first-order valence-electron chi connectivity index (χ1n) is 25.3. The maximum atomic E-state index is 13.0. The highest BCUT2D eigenvalue weighted by Gasteiger charge is 2.47. The number of esters is 2. The van der Waals surface area contributed by atoms with Gasteiger partial charge in [-0.05, 0) is 82.8 Å². The summed E-state index contributed by atoms with van der Waals surface area (Å²) in [5.74, 6) is -0.985. The molecule has 0 amide bonds. The van der Waals surface area contributed by atoms with Crippen LogP contribution in [-0.4, -0.2) is 142 Å². The van der Waals surface area contributed by atoms with E-state index in [4.69, 9.17) is 28.4 Å². The van der Waals surface area contributed by atoms with Gasteiger partial charge in [-0.3, -0.25) is 9.59 Å². The molecule has 2 heterocycles. The molecule has 2 aliphatic heterocycles. The van der Waals surface area contributed by atoms with Gasteiger partial charge >= 0.3 is 11.9 Å². The van der Waals surface area contributed by atoms with Gasteiger partial charge in [0.2, 0.25) is 0 Å². The number of carbonyl (C=O) groups is 2. The topological polar surface area (TPSA) is 231 Å². The minimum atomic E-state index is -1.77. The predicted molar refractivity (Wildman–Crippen MR) is 251 cm³/mol. The van der Waals surface area contributed by atoms with Crippen molar-refractivity contribution in [2.45, 2.75) is 242 Å². The second-order valence-electron chi connectivity index (χ2n) is 17.7. The molecule has 0 saturated carbocycles. The number of unbranched alkanes of at least 4 members (excludes halogenated alkanes) is 18. The number of carbonyl (C=O) groups excluding carboxylic acids is 2. The van der Waals surface area contributed by atoms with E-state index < -0.39 is 99.3 Å². The Balaban J connectivity index is 1.85. The van der Waals surface area contributed by atoms with Crippen molar-refractivity contribution in [3.63, 3.8) is 0 Å². The van der Waals surface area contributed by atoms with Gasteiger partial charge in [-0.15, -0.1) is 5.73 Å². The van der Waals surface area contributed by atoms with Crippen LogP contribution in [0, 0.1) is 0 Å². The molecule has 2 rings (SSSR count). The largest absolute Gasteiger partial charge is 0.462 e. The van der Waals surface area contributed by atoms with Gasteiger partial charge in [0.15, 0.2) is 18.7 Å². The van der Waals surface area contributed by atoms with E-state index in [9.17, 15) is 45.3 Å². The van der Waals surface area contributed by atoms with E-state index >= 15 is 0 Å². The third kappa shape index (κ3) is 26.3. The zero-order chi connectivity index (χ0) is 48.2. The normalized spacial score (nSPS) is 26.1. The van der Waals surface area contributed by atoms with Crippen molar-refractivity contribution in [1.29, 1.82) is 0 Å². The van der Waals surface area contributed by atoms with Crippen molar-refractivity contribution in [2.75, 3.05) is 26.4 Å². The molecule has 0 bridgehead atoms. The minimum Gasteiger partial charge on any atom is -0.462 e. The van der Waals surface area contributed by atoms with Crippen molar-refractivity contribution >= 4 is 11.9 Å². The Labute approximate surface area is 395 Å². The number of ether oxygens (including phenoxy) is 6. The predicted octanol–water partition coefficient (Wildman–Crippen LogP) is 6.70. The molecule has 0 aromatic heterocycles. The summed E-state index contributed by atoms with van der Waals surface area (Å²) in [6.45, 7) is 2.50. The van der Waals surface area contributed by atoms with E-state index in [0.717, 1.165) is 64.2 Å². The Hall–Kier alpha value is -2.50. The second-order valence-corrected chi connectivity index (χ2v) is 17.7. The zero-order valence-electron chi connectivity index (χ0n) is 40.2. The Morgan fingerprint density at radius 1 is 0.530 bits per heavy atom. The minimum absolute atomic E-state index is 0.118. The van der Waals surface area contributed by atoms with E-state index in [2.05, 4.69) is 56.0 Å². The van der Waals surface area contributed by atoms with Gasteiger partial charge in [0.1, 0.15) is 55.4 Å². The highest BCUT2D eigenvalue weighted by Crippen LogP contribution is 2.26. The molecular weight excluding hydrogens is 853 g/mol. The van der Waals surface area contributed by atoms with Crippen molar-refractivity contribution in [3.05, 3.63) is 42.2 Å². The summed E-state index contributed by atoms with van der Waals surface area (Å²) in [4.78, 5) is 25.7. The Morgan fingerprint density at radius 3 is 1.59 bits per heavy atom. The maximum absolute atomic E-state index is 13.0. The fraction of sp³-hybridized carbons (Fsp3) is 0.824. The van der Waals surface area contributed by atoms with Crippen LogP contribution in [0.4, 0.5) is 0 Å². The van der Waals surface area contributed by atoms with Crippen LogP contribution in [0.1, 0.15) is 174 Å². The molecule has 2 aliphatic rings. The number of allylic oxidation sites excluding steroid dienone is 5. The summed E-state index contributed by atoms with van der Waals surface area (Å²) in [5.41, 5.74) is 3.28. The number of aliphatic hydroxyl groups excluding tert-OH is 7. The van der Waals surface area contributed by atoms with E-state index in [1.54, 1.807) is 0 Å². The Bertz CT molecular complexity index is 1350. The SMILES string of the molecule is CCCCCCCC=C=CCCCCCCCC(=O)OC[C@H](CO[C@@H]1O[C@H](CO[C@@H]2O[C@H](CO)[C@H](O)C(O)C2O)[C@H](O)C(O)C1O)OC(=O)CCCC/C=C/C/C=C/CCCCCCCC. The van der Waals surface area contributed by atoms with Gasteiger partial charge in [0.05, 0.1) is 19.8 Å². The van der Waals surface area contributed by atoms with Crippen LogP contribution in [0.25, 0.3) is 0 Å². The summed E-state index contributed by atoms with van der Waals surface area (Å²) < 4.78 is 33.5. The lowest BCUT2D eigenvalue weighted by Gasteiger charge is -2.42. The number of rotatable bonds is 38. The molecule has 2 saturated heterocycles. The maximum Gasteiger partial charge on any atom is 0.306 e. The van der Waals surface area contributed by atoms with Gasteiger partial charge in [-0.1, -0.05) is 115 Å². The van der Waals surface area contributed by atoms with Crippen LogP contribution >= 0.6 is 0 Å². The van der Waals surface area contributed by atoms with Crippen molar-refractivity contribution in [1.82, 2.24) is 0 Å². The van der Waals surface area contributed by atoms with Gasteiger partial charge in [-0.25, -0.2) is 0 Å². The first-order chi connectivity index (χ1) is 32.0. The van der Waals surface area contributed by atoms with Crippen LogP contribution < -0.4 is 0 Å². The summed E-state index contributed by atoms with van der Waals surface area (Å²) in [5, 5.41) is 72.0. The Kier molecular flexibility index (Phi) is 34.7. The molecule has 4 unspecified atom stereocenters. The highest BCUT2D eigenvalue weighted by molar-refractivity contribution is 5.70. The average Bonchev–Trinajstić information content (AvgIpc) is 3.31. The van der Waals surface area contributed by atoms with Crippen molar-refractivity contribution in [3.8, 4) is 0 Å². The van der Waals surface area contributed by atoms with Crippen LogP contribution in [-0.2, 0) is 38.0 Å².